The molecular formula is C29H31ClN2O. The maximum absolute atomic E-state index is 9.65. The molecule has 0 radical (unpaired) electrons. The van der Waals surface area contributed by atoms with Crippen LogP contribution in [0.1, 0.15) is 48.9 Å². The van der Waals surface area contributed by atoms with Gasteiger partial charge in [0.15, 0.2) is 0 Å². The van der Waals surface area contributed by atoms with Gasteiger partial charge in [0.2, 0.25) is 0 Å². The average Bonchev–Trinajstić information content (AvgIpc) is 2.82. The third kappa shape index (κ3) is 6.40. The summed E-state index contributed by atoms with van der Waals surface area (Å²) in [6.45, 7) is 10.9. The Balaban J connectivity index is 1.72. The molecule has 3 aromatic carbocycles. The number of hydrogen-bond donors (Lipinski definition) is 0. The minimum Gasteiger partial charge on any atom is -0.491 e. The monoisotopic (exact) mass is 458 g/mol. The van der Waals surface area contributed by atoms with Crippen molar-refractivity contribution in [1.29, 1.82) is 5.26 Å². The molecule has 33 heavy (non-hydrogen) atoms. The van der Waals surface area contributed by atoms with E-state index in [-0.39, 0.29) is 0 Å². The summed E-state index contributed by atoms with van der Waals surface area (Å²) < 4.78 is 6.13. The van der Waals surface area contributed by atoms with Gasteiger partial charge in [-0.15, -0.1) is 0 Å². The Labute approximate surface area is 202 Å². The van der Waals surface area contributed by atoms with Gasteiger partial charge in [-0.2, -0.15) is 5.26 Å². The summed E-state index contributed by atoms with van der Waals surface area (Å²) in [4.78, 5) is 2.31. The van der Waals surface area contributed by atoms with Crippen LogP contribution in [0, 0.1) is 18.3 Å². The zero-order valence-corrected chi connectivity index (χ0v) is 20.6. The van der Waals surface area contributed by atoms with E-state index in [0.717, 1.165) is 41.2 Å². The largest absolute Gasteiger partial charge is 0.491 e. The molecule has 3 aromatic rings. The van der Waals surface area contributed by atoms with E-state index in [0.29, 0.717) is 23.1 Å². The summed E-state index contributed by atoms with van der Waals surface area (Å²) in [5.41, 5.74) is 6.02. The van der Waals surface area contributed by atoms with Gasteiger partial charge < -0.3 is 9.64 Å². The fraction of sp³-hybridized carbons (Fsp3) is 0.276. The van der Waals surface area contributed by atoms with Crippen LogP contribution in [-0.2, 0) is 0 Å². The van der Waals surface area contributed by atoms with Gasteiger partial charge in [0.25, 0.3) is 0 Å². The highest BCUT2D eigenvalue weighted by Crippen LogP contribution is 2.27. The summed E-state index contributed by atoms with van der Waals surface area (Å²) in [5.74, 6) is 1.39. The highest BCUT2D eigenvalue weighted by atomic mass is 35.5. The summed E-state index contributed by atoms with van der Waals surface area (Å²) >= 11 is 5.98. The molecule has 3 nitrogen and oxygen atoms in total. The zero-order chi connectivity index (χ0) is 23.8. The second-order valence-electron chi connectivity index (χ2n) is 8.34. The van der Waals surface area contributed by atoms with E-state index >= 15 is 0 Å². The molecule has 0 bridgehead atoms. The number of rotatable bonds is 9. The second-order valence-corrected chi connectivity index (χ2v) is 8.77. The average molecular weight is 459 g/mol. The lowest BCUT2D eigenvalue weighted by atomic mass is 10.0. The molecule has 170 valence electrons. The lowest BCUT2D eigenvalue weighted by Crippen LogP contribution is -2.28. The second kappa shape index (κ2) is 11.6. The number of anilines is 1. The fourth-order valence-electron chi connectivity index (χ4n) is 3.81. The van der Waals surface area contributed by atoms with E-state index in [1.54, 1.807) is 12.1 Å². The van der Waals surface area contributed by atoms with Crippen LogP contribution in [0.5, 0.6) is 5.75 Å². The maximum atomic E-state index is 9.65. The van der Waals surface area contributed by atoms with Crippen molar-refractivity contribution in [3.05, 3.63) is 94.0 Å². The SMILES string of the molecule is CCN(CCOc1ccccc1C(C)C)c1ccc(/C=C(\C#N)c2ccc(Cl)cc2)c(C)c1. The number of allylic oxidation sites excluding steroid dienone is 1. The summed E-state index contributed by atoms with van der Waals surface area (Å²) in [6.07, 6.45) is 1.94. The number of nitriles is 1. The smallest absolute Gasteiger partial charge is 0.122 e. The van der Waals surface area contributed by atoms with Gasteiger partial charge in [-0.3, -0.25) is 0 Å². The molecule has 0 aromatic heterocycles. The van der Waals surface area contributed by atoms with Crippen molar-refractivity contribution in [3.8, 4) is 11.8 Å². The molecule has 0 unspecified atom stereocenters. The van der Waals surface area contributed by atoms with Gasteiger partial charge in [0.05, 0.1) is 18.2 Å². The molecule has 0 aliphatic heterocycles. The number of para-hydroxylation sites is 1. The molecular weight excluding hydrogens is 428 g/mol. The van der Waals surface area contributed by atoms with Crippen LogP contribution >= 0.6 is 11.6 Å². The van der Waals surface area contributed by atoms with Crippen molar-refractivity contribution in [2.45, 2.75) is 33.6 Å². The Bertz CT molecular complexity index is 1140. The van der Waals surface area contributed by atoms with Gasteiger partial charge in [0, 0.05) is 17.3 Å². The molecule has 0 heterocycles. The Hall–Kier alpha value is -3.22. The molecule has 0 saturated carbocycles. The van der Waals surface area contributed by atoms with Crippen molar-refractivity contribution in [1.82, 2.24) is 0 Å². The first kappa shape index (κ1) is 24.4. The van der Waals surface area contributed by atoms with E-state index in [1.165, 1.54) is 5.56 Å². The van der Waals surface area contributed by atoms with Crippen LogP contribution in [0.3, 0.4) is 0 Å². The first-order valence-electron chi connectivity index (χ1n) is 11.4. The Morgan fingerprint density at radius 3 is 2.45 bits per heavy atom. The van der Waals surface area contributed by atoms with E-state index < -0.39 is 0 Å². The topological polar surface area (TPSA) is 36.3 Å². The Morgan fingerprint density at radius 2 is 1.82 bits per heavy atom. The maximum Gasteiger partial charge on any atom is 0.122 e. The van der Waals surface area contributed by atoms with E-state index in [1.807, 2.05) is 30.3 Å². The minimum atomic E-state index is 0.429. The van der Waals surface area contributed by atoms with Crippen molar-refractivity contribution in [2.24, 2.45) is 0 Å². The number of hydrogen-bond acceptors (Lipinski definition) is 3. The van der Waals surface area contributed by atoms with E-state index in [9.17, 15) is 5.26 Å². The molecule has 0 fully saturated rings. The third-order valence-corrected chi connectivity index (χ3v) is 5.99. The van der Waals surface area contributed by atoms with Crippen LogP contribution in [-0.4, -0.2) is 19.7 Å². The normalized spacial score (nSPS) is 11.4. The highest BCUT2D eigenvalue weighted by molar-refractivity contribution is 6.30. The molecule has 0 spiro atoms. The number of benzene rings is 3. The van der Waals surface area contributed by atoms with Gasteiger partial charge in [-0.25, -0.2) is 0 Å². The standard InChI is InChI=1S/C29H31ClN2O/c1-5-32(16-17-33-29-9-7-6-8-28(29)21(2)3)27-15-12-24(22(4)18-27)19-25(20-31)23-10-13-26(30)14-11-23/h6-15,18-19,21H,5,16-17H2,1-4H3/b25-19+. The molecule has 0 aliphatic carbocycles. The third-order valence-electron chi connectivity index (χ3n) is 5.74. The number of ether oxygens (including phenoxy) is 1. The van der Waals surface area contributed by atoms with Crippen molar-refractivity contribution < 1.29 is 4.74 Å². The number of halogens is 1. The van der Waals surface area contributed by atoms with Crippen molar-refractivity contribution in [2.75, 3.05) is 24.6 Å². The first-order valence-corrected chi connectivity index (χ1v) is 11.8. The van der Waals surface area contributed by atoms with Crippen LogP contribution in [0.25, 0.3) is 11.6 Å². The molecule has 0 saturated heterocycles. The number of likely N-dealkylation sites (N-methyl/N-ethyl adjacent to an activating group) is 1. The van der Waals surface area contributed by atoms with Crippen LogP contribution in [0.15, 0.2) is 66.7 Å². The zero-order valence-electron chi connectivity index (χ0n) is 19.8. The molecule has 0 aliphatic rings. The summed E-state index contributed by atoms with van der Waals surface area (Å²) in [6, 6.07) is 24.3. The van der Waals surface area contributed by atoms with Crippen LogP contribution in [0.2, 0.25) is 5.02 Å². The molecule has 4 heteroatoms. The number of aryl methyl sites for hydroxylation is 1. The van der Waals surface area contributed by atoms with Gasteiger partial charge in [-0.1, -0.05) is 61.8 Å². The summed E-state index contributed by atoms with van der Waals surface area (Å²) in [7, 11) is 0. The lowest BCUT2D eigenvalue weighted by Gasteiger charge is -2.24. The lowest BCUT2D eigenvalue weighted by molar-refractivity contribution is 0.319. The van der Waals surface area contributed by atoms with Gasteiger partial charge >= 0.3 is 0 Å². The predicted octanol–water partition coefficient (Wildman–Crippen LogP) is 7.74. The predicted molar refractivity (Wildman–Crippen MR) is 140 cm³/mol. The van der Waals surface area contributed by atoms with Crippen LogP contribution < -0.4 is 9.64 Å². The molecule has 0 amide bonds. The van der Waals surface area contributed by atoms with Crippen molar-refractivity contribution >= 4 is 28.9 Å². The molecule has 0 atom stereocenters. The van der Waals surface area contributed by atoms with Gasteiger partial charge in [0.1, 0.15) is 12.4 Å². The highest BCUT2D eigenvalue weighted by Gasteiger charge is 2.10. The van der Waals surface area contributed by atoms with E-state index in [2.05, 4.69) is 69.0 Å². The van der Waals surface area contributed by atoms with E-state index in [4.69, 9.17) is 16.3 Å². The van der Waals surface area contributed by atoms with Crippen molar-refractivity contribution in [3.63, 3.8) is 0 Å². The molecule has 0 N–H and O–H groups in total. The minimum absolute atomic E-state index is 0.429. The first-order chi connectivity index (χ1) is 15.9. The fourth-order valence-corrected chi connectivity index (χ4v) is 3.93. The Kier molecular flexibility index (Phi) is 8.58. The quantitative estimate of drug-likeness (QED) is 0.243. The summed E-state index contributed by atoms with van der Waals surface area (Å²) in [5, 5.41) is 10.3. The molecule has 3 rings (SSSR count). The van der Waals surface area contributed by atoms with Crippen LogP contribution in [0.4, 0.5) is 5.69 Å². The van der Waals surface area contributed by atoms with Gasteiger partial charge in [-0.05, 0) is 78.4 Å². The Morgan fingerprint density at radius 1 is 1.09 bits per heavy atom. The number of nitrogens with zero attached hydrogens (tertiary/aromatic N) is 2.